The monoisotopic (exact) mass is 344 g/mol. The normalized spacial score (nSPS) is 10.5. The number of anilines is 1. The molecule has 0 aliphatic carbocycles. The molecule has 1 aromatic carbocycles. The van der Waals surface area contributed by atoms with Gasteiger partial charge in [-0.15, -0.1) is 0 Å². The quantitative estimate of drug-likeness (QED) is 0.795. The minimum Gasteiger partial charge on any atom is -0.340 e. The minimum absolute atomic E-state index is 0.00103. The first-order valence-electron chi connectivity index (χ1n) is 8.47. The van der Waals surface area contributed by atoms with Crippen LogP contribution < -0.4 is 5.32 Å². The highest BCUT2D eigenvalue weighted by atomic mass is 16.5. The second-order valence-corrected chi connectivity index (χ2v) is 5.81. The van der Waals surface area contributed by atoms with Crippen molar-refractivity contribution in [2.24, 2.45) is 0 Å². The van der Waals surface area contributed by atoms with Gasteiger partial charge >= 0.3 is 0 Å². The highest BCUT2D eigenvalue weighted by Crippen LogP contribution is 2.12. The highest BCUT2D eigenvalue weighted by Gasteiger charge is 2.15. The number of carbonyl (C=O) groups excluding carboxylic acids is 2. The molecule has 25 heavy (non-hydrogen) atoms. The summed E-state index contributed by atoms with van der Waals surface area (Å²) in [6.07, 6.45) is 1.60. The summed E-state index contributed by atoms with van der Waals surface area (Å²) in [5, 5.41) is 6.66. The Morgan fingerprint density at radius 2 is 1.92 bits per heavy atom. The van der Waals surface area contributed by atoms with Crippen LogP contribution in [0, 0.1) is 6.92 Å². The Bertz CT molecular complexity index is 709. The Labute approximate surface area is 147 Å². The van der Waals surface area contributed by atoms with Gasteiger partial charge in [0.2, 0.25) is 17.7 Å². The number of nitrogens with one attached hydrogen (secondary N) is 1. The van der Waals surface area contributed by atoms with E-state index in [9.17, 15) is 9.59 Å². The summed E-state index contributed by atoms with van der Waals surface area (Å²) in [6, 6.07) is 7.33. The molecule has 0 saturated heterocycles. The lowest BCUT2D eigenvalue weighted by atomic mass is 10.1. The summed E-state index contributed by atoms with van der Waals surface area (Å²) >= 11 is 0. The first-order chi connectivity index (χ1) is 12.0. The predicted molar refractivity (Wildman–Crippen MR) is 93.8 cm³/mol. The van der Waals surface area contributed by atoms with E-state index in [0.717, 1.165) is 17.7 Å². The fourth-order valence-electron chi connectivity index (χ4n) is 2.40. The molecule has 2 rings (SSSR count). The number of aryl methyl sites for hydroxylation is 1. The number of amides is 2. The maximum atomic E-state index is 12.5. The smallest absolute Gasteiger partial charge is 0.227 e. The summed E-state index contributed by atoms with van der Waals surface area (Å²) in [4.78, 5) is 29.9. The van der Waals surface area contributed by atoms with Gasteiger partial charge in [0.1, 0.15) is 0 Å². The largest absolute Gasteiger partial charge is 0.340 e. The second-order valence-electron chi connectivity index (χ2n) is 5.81. The van der Waals surface area contributed by atoms with Gasteiger partial charge < -0.3 is 14.7 Å². The van der Waals surface area contributed by atoms with Crippen molar-refractivity contribution >= 4 is 17.5 Å². The third-order valence-corrected chi connectivity index (χ3v) is 3.71. The van der Waals surface area contributed by atoms with Gasteiger partial charge in [-0.3, -0.25) is 9.59 Å². The molecular weight excluding hydrogens is 320 g/mol. The molecule has 1 aromatic heterocycles. The molecule has 2 amide bonds. The Balaban J connectivity index is 1.93. The molecule has 7 heteroatoms. The zero-order valence-corrected chi connectivity index (χ0v) is 14.9. The van der Waals surface area contributed by atoms with Crippen molar-refractivity contribution in [1.29, 1.82) is 0 Å². The summed E-state index contributed by atoms with van der Waals surface area (Å²) in [5.41, 5.74) is 1.63. The van der Waals surface area contributed by atoms with Crippen LogP contribution in [0.5, 0.6) is 0 Å². The van der Waals surface area contributed by atoms with Crippen LogP contribution in [-0.4, -0.2) is 33.4 Å². The molecule has 0 aliphatic heterocycles. The van der Waals surface area contributed by atoms with Crippen LogP contribution in [-0.2, 0) is 22.6 Å². The summed E-state index contributed by atoms with van der Waals surface area (Å²) in [7, 11) is 0. The van der Waals surface area contributed by atoms with Crippen LogP contribution in [0.25, 0.3) is 0 Å². The number of nitrogens with zero attached hydrogens (tertiary/aromatic N) is 3. The van der Waals surface area contributed by atoms with E-state index in [1.807, 2.05) is 38.1 Å². The van der Waals surface area contributed by atoms with Gasteiger partial charge in [-0.2, -0.15) is 4.98 Å². The van der Waals surface area contributed by atoms with Gasteiger partial charge in [0.15, 0.2) is 5.82 Å². The molecular formula is C18H24N4O3. The van der Waals surface area contributed by atoms with Crippen LogP contribution in [0.2, 0.25) is 0 Å². The molecule has 1 heterocycles. The van der Waals surface area contributed by atoms with E-state index in [2.05, 4.69) is 15.5 Å². The van der Waals surface area contributed by atoms with E-state index >= 15 is 0 Å². The van der Waals surface area contributed by atoms with Gasteiger partial charge in [0, 0.05) is 25.6 Å². The van der Waals surface area contributed by atoms with Crippen molar-refractivity contribution in [1.82, 2.24) is 15.0 Å². The average Bonchev–Trinajstić information content (AvgIpc) is 2.99. The number of benzene rings is 1. The standard InChI is InChI=1S/C18H24N4O3/c1-4-6-17(23)20-15-9-7-14(8-10-15)11-18(24)22(5-2)12-16-19-13(3)25-21-16/h7-10H,4-6,11-12H2,1-3H3,(H,20,23). The molecule has 2 aromatic rings. The molecule has 0 spiro atoms. The van der Waals surface area contributed by atoms with Crippen molar-refractivity contribution in [3.8, 4) is 0 Å². The molecule has 0 radical (unpaired) electrons. The van der Waals surface area contributed by atoms with Crippen molar-refractivity contribution < 1.29 is 14.1 Å². The summed E-state index contributed by atoms with van der Waals surface area (Å²) in [6.45, 7) is 6.49. The molecule has 0 aliphatic rings. The highest BCUT2D eigenvalue weighted by molar-refractivity contribution is 5.90. The first-order valence-corrected chi connectivity index (χ1v) is 8.47. The number of hydrogen-bond acceptors (Lipinski definition) is 5. The first kappa shape index (κ1) is 18.6. The van der Waals surface area contributed by atoms with E-state index in [-0.39, 0.29) is 18.2 Å². The maximum Gasteiger partial charge on any atom is 0.227 e. The van der Waals surface area contributed by atoms with E-state index in [1.54, 1.807) is 11.8 Å². The lowest BCUT2D eigenvalue weighted by molar-refractivity contribution is -0.131. The van der Waals surface area contributed by atoms with Crippen molar-refractivity contribution in [3.63, 3.8) is 0 Å². The van der Waals surface area contributed by atoms with Gasteiger partial charge in [0.05, 0.1) is 13.0 Å². The minimum atomic E-state index is -0.00674. The topological polar surface area (TPSA) is 88.3 Å². The predicted octanol–water partition coefficient (Wildman–Crippen LogP) is 2.71. The molecule has 0 unspecified atom stereocenters. The van der Waals surface area contributed by atoms with Gasteiger partial charge in [-0.05, 0) is 31.0 Å². The van der Waals surface area contributed by atoms with E-state index in [0.29, 0.717) is 31.2 Å². The molecule has 0 fully saturated rings. The Hall–Kier alpha value is -2.70. The number of rotatable bonds is 8. The Morgan fingerprint density at radius 3 is 2.48 bits per heavy atom. The number of likely N-dealkylation sites (N-methyl/N-ethyl adjacent to an activating group) is 1. The van der Waals surface area contributed by atoms with Crippen LogP contribution in [0.4, 0.5) is 5.69 Å². The second kappa shape index (κ2) is 8.96. The van der Waals surface area contributed by atoms with Gasteiger partial charge in [-0.1, -0.05) is 24.2 Å². The molecule has 0 bridgehead atoms. The van der Waals surface area contributed by atoms with Gasteiger partial charge in [-0.25, -0.2) is 0 Å². The lowest BCUT2D eigenvalue weighted by Gasteiger charge is -2.19. The SMILES string of the molecule is CCCC(=O)Nc1ccc(CC(=O)N(CC)Cc2noc(C)n2)cc1. The fourth-order valence-corrected chi connectivity index (χ4v) is 2.40. The average molecular weight is 344 g/mol. The van der Waals surface area contributed by atoms with Crippen molar-refractivity contribution in [2.45, 2.75) is 46.6 Å². The zero-order chi connectivity index (χ0) is 18.2. The van der Waals surface area contributed by atoms with Gasteiger partial charge in [0.25, 0.3) is 0 Å². The maximum absolute atomic E-state index is 12.5. The number of aromatic nitrogens is 2. The van der Waals surface area contributed by atoms with Crippen LogP contribution in [0.3, 0.4) is 0 Å². The lowest BCUT2D eigenvalue weighted by Crippen LogP contribution is -2.32. The third kappa shape index (κ3) is 5.70. The van der Waals surface area contributed by atoms with E-state index < -0.39 is 0 Å². The summed E-state index contributed by atoms with van der Waals surface area (Å²) in [5.74, 6) is 0.979. The molecule has 134 valence electrons. The molecule has 0 atom stereocenters. The van der Waals surface area contributed by atoms with Crippen molar-refractivity contribution in [3.05, 3.63) is 41.5 Å². The molecule has 7 nitrogen and oxygen atoms in total. The number of carbonyl (C=O) groups is 2. The zero-order valence-electron chi connectivity index (χ0n) is 14.9. The van der Waals surface area contributed by atoms with Crippen LogP contribution in [0.1, 0.15) is 44.0 Å². The molecule has 1 N–H and O–H groups in total. The summed E-state index contributed by atoms with van der Waals surface area (Å²) < 4.78 is 4.94. The Kier molecular flexibility index (Phi) is 6.68. The fraction of sp³-hybridized carbons (Fsp3) is 0.444. The van der Waals surface area contributed by atoms with Crippen LogP contribution in [0.15, 0.2) is 28.8 Å². The van der Waals surface area contributed by atoms with E-state index in [1.165, 1.54) is 0 Å². The Morgan fingerprint density at radius 1 is 1.20 bits per heavy atom. The molecule has 0 saturated carbocycles. The van der Waals surface area contributed by atoms with E-state index in [4.69, 9.17) is 4.52 Å². The van der Waals surface area contributed by atoms with Crippen molar-refractivity contribution in [2.75, 3.05) is 11.9 Å². The van der Waals surface area contributed by atoms with Crippen LogP contribution >= 0.6 is 0 Å². The third-order valence-electron chi connectivity index (χ3n) is 3.71. The number of hydrogen-bond donors (Lipinski definition) is 1.